The Balaban J connectivity index is 1.86. The molecule has 0 spiro atoms. The lowest BCUT2D eigenvalue weighted by atomic mass is 9.92. The van der Waals surface area contributed by atoms with E-state index in [1.807, 2.05) is 0 Å². The molecule has 1 aromatic carbocycles. The maximum Gasteiger partial charge on any atom is 0.122 e. The van der Waals surface area contributed by atoms with Crippen molar-refractivity contribution in [3.63, 3.8) is 0 Å². The summed E-state index contributed by atoms with van der Waals surface area (Å²) in [6, 6.07) is 6.41. The smallest absolute Gasteiger partial charge is 0.122 e. The molecule has 0 radical (unpaired) electrons. The number of rotatable bonds is 4. The van der Waals surface area contributed by atoms with Gasteiger partial charge in [0, 0.05) is 13.0 Å². The highest BCUT2D eigenvalue weighted by Gasteiger charge is 2.13. The fourth-order valence-electron chi connectivity index (χ4n) is 1.45. The van der Waals surface area contributed by atoms with Crippen LogP contribution in [0.1, 0.15) is 11.1 Å². The molecule has 70 valence electrons. The molecule has 2 bridgehead atoms. The molecule has 2 aliphatic carbocycles. The van der Waals surface area contributed by atoms with Gasteiger partial charge in [-0.25, -0.2) is 0 Å². The van der Waals surface area contributed by atoms with Gasteiger partial charge in [-0.05, 0) is 31.3 Å². The van der Waals surface area contributed by atoms with Gasteiger partial charge in [0.25, 0.3) is 0 Å². The summed E-state index contributed by atoms with van der Waals surface area (Å²) < 4.78 is 5.65. The normalized spacial score (nSPS) is 12.8. The van der Waals surface area contributed by atoms with Crippen molar-refractivity contribution in [2.75, 3.05) is 27.2 Å². The molecule has 0 saturated carbocycles. The van der Waals surface area contributed by atoms with Crippen LogP contribution in [0.25, 0.3) is 0 Å². The largest absolute Gasteiger partial charge is 0.492 e. The maximum absolute atomic E-state index is 5.65. The van der Waals surface area contributed by atoms with Gasteiger partial charge in [0.15, 0.2) is 0 Å². The van der Waals surface area contributed by atoms with Crippen molar-refractivity contribution < 1.29 is 4.74 Å². The van der Waals surface area contributed by atoms with Gasteiger partial charge in [-0.2, -0.15) is 0 Å². The summed E-state index contributed by atoms with van der Waals surface area (Å²) in [6.07, 6.45) is 1.10. The standard InChI is InChI=1S/C11H15NO/c1-12(2)5-6-13-11-4-3-9-7-10(11)8-9/h3-4,7H,5-6,8H2,1-2H3. The number of hydrogen-bond acceptors (Lipinski definition) is 2. The predicted octanol–water partition coefficient (Wildman–Crippen LogP) is 1.53. The van der Waals surface area contributed by atoms with Gasteiger partial charge in [0.2, 0.25) is 0 Å². The van der Waals surface area contributed by atoms with E-state index in [1.54, 1.807) is 0 Å². The third-order valence-electron chi connectivity index (χ3n) is 2.32. The Labute approximate surface area is 79.1 Å². The number of fused-ring (bicyclic) bond motifs is 2. The summed E-state index contributed by atoms with van der Waals surface area (Å²) in [5.74, 6) is 1.07. The Morgan fingerprint density at radius 3 is 2.69 bits per heavy atom. The van der Waals surface area contributed by atoms with E-state index in [9.17, 15) is 0 Å². The van der Waals surface area contributed by atoms with E-state index in [1.165, 1.54) is 11.1 Å². The van der Waals surface area contributed by atoms with E-state index in [0.29, 0.717) is 0 Å². The number of ether oxygens (including phenoxy) is 1. The van der Waals surface area contributed by atoms with Gasteiger partial charge < -0.3 is 9.64 Å². The van der Waals surface area contributed by atoms with Crippen molar-refractivity contribution in [1.29, 1.82) is 0 Å². The van der Waals surface area contributed by atoms with Crippen LogP contribution in [0.5, 0.6) is 5.75 Å². The van der Waals surface area contributed by atoms with Gasteiger partial charge in [-0.3, -0.25) is 0 Å². The number of benzene rings is 1. The summed E-state index contributed by atoms with van der Waals surface area (Å²) in [7, 11) is 4.11. The topological polar surface area (TPSA) is 12.5 Å². The first kappa shape index (κ1) is 8.57. The molecule has 0 aliphatic heterocycles. The molecular weight excluding hydrogens is 162 g/mol. The van der Waals surface area contributed by atoms with Gasteiger partial charge in [0.1, 0.15) is 12.4 Å². The van der Waals surface area contributed by atoms with Crippen LogP contribution in [0.2, 0.25) is 0 Å². The van der Waals surface area contributed by atoms with Crippen molar-refractivity contribution in [2.45, 2.75) is 6.42 Å². The lowest BCUT2D eigenvalue weighted by Gasteiger charge is -2.20. The fraction of sp³-hybridized carbons (Fsp3) is 0.455. The van der Waals surface area contributed by atoms with E-state index < -0.39 is 0 Å². The summed E-state index contributed by atoms with van der Waals surface area (Å²) in [4.78, 5) is 2.12. The first-order valence-corrected chi connectivity index (χ1v) is 4.65. The first-order chi connectivity index (χ1) is 6.25. The third-order valence-corrected chi connectivity index (χ3v) is 2.32. The molecule has 0 aromatic heterocycles. The summed E-state index contributed by atoms with van der Waals surface area (Å²) in [5.41, 5.74) is 2.78. The second kappa shape index (κ2) is 3.38. The van der Waals surface area contributed by atoms with E-state index in [0.717, 1.165) is 25.3 Å². The average Bonchev–Trinajstić information content (AvgIpc) is 2.02. The molecule has 0 saturated heterocycles. The molecule has 0 amide bonds. The minimum absolute atomic E-state index is 0.777. The van der Waals surface area contributed by atoms with Crippen molar-refractivity contribution in [3.8, 4) is 5.75 Å². The zero-order chi connectivity index (χ0) is 9.26. The van der Waals surface area contributed by atoms with E-state index in [4.69, 9.17) is 4.74 Å². The Morgan fingerprint density at radius 2 is 2.15 bits per heavy atom. The maximum atomic E-state index is 5.65. The zero-order valence-electron chi connectivity index (χ0n) is 8.21. The lowest BCUT2D eigenvalue weighted by molar-refractivity contribution is 0.259. The minimum Gasteiger partial charge on any atom is -0.492 e. The number of nitrogens with zero attached hydrogens (tertiary/aromatic N) is 1. The van der Waals surface area contributed by atoms with Crippen LogP contribution in [0.4, 0.5) is 0 Å². The average molecular weight is 177 g/mol. The SMILES string of the molecule is CN(C)CCOc1ccc2cc1C2. The van der Waals surface area contributed by atoms with Crippen molar-refractivity contribution in [1.82, 2.24) is 4.90 Å². The Hall–Kier alpha value is -1.02. The Bertz CT molecular complexity index is 303. The Kier molecular flexibility index (Phi) is 2.23. The van der Waals surface area contributed by atoms with Crippen molar-refractivity contribution in [2.24, 2.45) is 0 Å². The molecular formula is C11H15NO. The highest BCUT2D eigenvalue weighted by molar-refractivity contribution is 5.47. The highest BCUT2D eigenvalue weighted by Crippen LogP contribution is 2.30. The van der Waals surface area contributed by atoms with Gasteiger partial charge >= 0.3 is 0 Å². The summed E-state index contributed by atoms with van der Waals surface area (Å²) in [6.45, 7) is 1.75. The number of hydrogen-bond donors (Lipinski definition) is 0. The molecule has 0 fully saturated rings. The third kappa shape index (κ3) is 1.83. The van der Waals surface area contributed by atoms with Crippen molar-refractivity contribution >= 4 is 0 Å². The first-order valence-electron chi connectivity index (χ1n) is 4.65. The van der Waals surface area contributed by atoms with Crippen LogP contribution in [0.3, 0.4) is 0 Å². The van der Waals surface area contributed by atoms with Crippen molar-refractivity contribution in [3.05, 3.63) is 29.3 Å². The van der Waals surface area contributed by atoms with Crippen LogP contribution in [0, 0.1) is 0 Å². The minimum atomic E-state index is 0.777. The van der Waals surface area contributed by atoms with Crippen LogP contribution < -0.4 is 4.74 Å². The van der Waals surface area contributed by atoms with E-state index in [-0.39, 0.29) is 0 Å². The molecule has 0 unspecified atom stereocenters. The Morgan fingerprint density at radius 1 is 1.38 bits per heavy atom. The molecule has 13 heavy (non-hydrogen) atoms. The fourth-order valence-corrected chi connectivity index (χ4v) is 1.45. The summed E-state index contributed by atoms with van der Waals surface area (Å²) in [5, 5.41) is 0. The van der Waals surface area contributed by atoms with Crippen LogP contribution in [0.15, 0.2) is 18.2 Å². The van der Waals surface area contributed by atoms with Gasteiger partial charge in [-0.1, -0.05) is 12.1 Å². The van der Waals surface area contributed by atoms with E-state index >= 15 is 0 Å². The quantitative estimate of drug-likeness (QED) is 0.702. The zero-order valence-corrected chi connectivity index (χ0v) is 8.21. The lowest BCUT2D eigenvalue weighted by Crippen LogP contribution is -2.20. The molecule has 2 heteroatoms. The number of likely N-dealkylation sites (N-methyl/N-ethyl adjacent to an activating group) is 1. The van der Waals surface area contributed by atoms with Crippen LogP contribution in [-0.2, 0) is 6.42 Å². The highest BCUT2D eigenvalue weighted by atomic mass is 16.5. The molecule has 2 nitrogen and oxygen atoms in total. The predicted molar refractivity (Wildman–Crippen MR) is 53.3 cm³/mol. The van der Waals surface area contributed by atoms with Gasteiger partial charge in [0.05, 0.1) is 0 Å². The second-order valence-corrected chi connectivity index (χ2v) is 3.77. The van der Waals surface area contributed by atoms with Crippen LogP contribution in [-0.4, -0.2) is 32.1 Å². The molecule has 0 N–H and O–H groups in total. The summed E-state index contributed by atoms with van der Waals surface area (Å²) >= 11 is 0. The molecule has 3 rings (SSSR count). The molecule has 0 atom stereocenters. The van der Waals surface area contributed by atoms with Crippen LogP contribution >= 0.6 is 0 Å². The van der Waals surface area contributed by atoms with E-state index in [2.05, 4.69) is 37.2 Å². The molecule has 0 heterocycles. The molecule has 1 aromatic rings. The molecule has 2 aliphatic rings. The monoisotopic (exact) mass is 177 g/mol. The second-order valence-electron chi connectivity index (χ2n) is 3.77. The van der Waals surface area contributed by atoms with Gasteiger partial charge in [-0.15, -0.1) is 0 Å².